The van der Waals surface area contributed by atoms with Gasteiger partial charge in [-0.25, -0.2) is 0 Å². The average Bonchev–Trinajstić information content (AvgIpc) is 2.65. The van der Waals surface area contributed by atoms with Crippen molar-refractivity contribution in [3.63, 3.8) is 0 Å². The first-order valence-electron chi connectivity index (χ1n) is 8.26. The Labute approximate surface area is 146 Å². The predicted octanol–water partition coefficient (Wildman–Crippen LogP) is 3.72. The molecule has 0 unspecified atom stereocenters. The summed E-state index contributed by atoms with van der Waals surface area (Å²) in [5.41, 5.74) is 3.48. The molecule has 0 fully saturated rings. The van der Waals surface area contributed by atoms with Crippen molar-refractivity contribution >= 4 is 16.6 Å². The topological polar surface area (TPSA) is 63.4 Å². The fourth-order valence-electron chi connectivity index (χ4n) is 2.90. The first kappa shape index (κ1) is 16.9. The number of ether oxygens (including phenoxy) is 2. The summed E-state index contributed by atoms with van der Waals surface area (Å²) in [6.45, 7) is 2.49. The van der Waals surface area contributed by atoms with Crippen LogP contribution in [0.3, 0.4) is 0 Å². The van der Waals surface area contributed by atoms with Crippen LogP contribution in [0.1, 0.15) is 18.1 Å². The molecule has 0 aliphatic carbocycles. The maximum absolute atomic E-state index is 12.4. The number of nitrogens with one attached hydrogen (secondary N) is 2. The number of aryl methyl sites for hydroxylation is 1. The van der Waals surface area contributed by atoms with E-state index in [0.717, 1.165) is 34.3 Å². The van der Waals surface area contributed by atoms with E-state index in [0.29, 0.717) is 17.9 Å². The zero-order chi connectivity index (χ0) is 17.8. The second-order valence-electron chi connectivity index (χ2n) is 5.78. The third kappa shape index (κ3) is 3.45. The van der Waals surface area contributed by atoms with E-state index in [2.05, 4.69) is 17.2 Å². The zero-order valence-corrected chi connectivity index (χ0v) is 14.7. The molecule has 0 aliphatic rings. The standard InChI is InChI=1S/C20H22N2O3/c1-4-13-6-5-7-14-10-15(20(23)22-19(13)14)12-21-17-9-8-16(24-2)11-18(17)25-3/h5-11,21H,4,12H2,1-3H3,(H,22,23). The maximum Gasteiger partial charge on any atom is 0.253 e. The lowest BCUT2D eigenvalue weighted by Crippen LogP contribution is -2.16. The number of H-pyrrole nitrogens is 1. The quantitative estimate of drug-likeness (QED) is 0.719. The van der Waals surface area contributed by atoms with Crippen LogP contribution in [0.2, 0.25) is 0 Å². The molecule has 130 valence electrons. The van der Waals surface area contributed by atoms with E-state index < -0.39 is 0 Å². The third-order valence-electron chi connectivity index (χ3n) is 4.30. The van der Waals surface area contributed by atoms with Crippen molar-refractivity contribution in [2.24, 2.45) is 0 Å². The Bertz CT molecular complexity index is 947. The molecule has 5 heteroatoms. The molecule has 0 atom stereocenters. The second-order valence-corrected chi connectivity index (χ2v) is 5.78. The fourth-order valence-corrected chi connectivity index (χ4v) is 2.90. The van der Waals surface area contributed by atoms with Gasteiger partial charge in [0, 0.05) is 18.2 Å². The van der Waals surface area contributed by atoms with Gasteiger partial charge in [-0.2, -0.15) is 0 Å². The fraction of sp³-hybridized carbons (Fsp3) is 0.250. The molecule has 0 aliphatic heterocycles. The molecule has 0 bridgehead atoms. The van der Waals surface area contributed by atoms with E-state index in [4.69, 9.17) is 9.47 Å². The molecule has 0 amide bonds. The molecular formula is C20H22N2O3. The van der Waals surface area contributed by atoms with Gasteiger partial charge < -0.3 is 19.8 Å². The lowest BCUT2D eigenvalue weighted by atomic mass is 10.1. The van der Waals surface area contributed by atoms with Crippen LogP contribution in [0.25, 0.3) is 10.9 Å². The van der Waals surface area contributed by atoms with Crippen LogP contribution in [0.15, 0.2) is 47.3 Å². The van der Waals surface area contributed by atoms with Gasteiger partial charge in [0.25, 0.3) is 5.56 Å². The normalized spacial score (nSPS) is 10.7. The van der Waals surface area contributed by atoms with E-state index in [1.807, 2.05) is 36.4 Å². The maximum atomic E-state index is 12.4. The molecule has 3 aromatic rings. The van der Waals surface area contributed by atoms with Gasteiger partial charge in [0.15, 0.2) is 0 Å². The minimum absolute atomic E-state index is 0.0756. The minimum Gasteiger partial charge on any atom is -0.497 e. The molecule has 0 saturated carbocycles. The van der Waals surface area contributed by atoms with Gasteiger partial charge in [-0.3, -0.25) is 4.79 Å². The lowest BCUT2D eigenvalue weighted by molar-refractivity contribution is 0.395. The number of benzene rings is 2. The van der Waals surface area contributed by atoms with Crippen LogP contribution in [0.5, 0.6) is 11.5 Å². The number of aromatic amines is 1. The molecule has 5 nitrogen and oxygen atoms in total. The van der Waals surface area contributed by atoms with Crippen LogP contribution in [0, 0.1) is 0 Å². The van der Waals surface area contributed by atoms with Crippen LogP contribution >= 0.6 is 0 Å². The summed E-state index contributed by atoms with van der Waals surface area (Å²) in [5, 5.41) is 4.30. The second kappa shape index (κ2) is 7.30. The summed E-state index contributed by atoms with van der Waals surface area (Å²) in [5.74, 6) is 1.39. The molecule has 0 saturated heterocycles. The van der Waals surface area contributed by atoms with E-state index in [1.165, 1.54) is 0 Å². The number of pyridine rings is 1. The zero-order valence-electron chi connectivity index (χ0n) is 14.7. The minimum atomic E-state index is -0.0756. The molecule has 2 aromatic carbocycles. The SMILES string of the molecule is CCc1cccc2cc(CNc3ccc(OC)cc3OC)c(=O)[nH]c12. The van der Waals surface area contributed by atoms with E-state index in [-0.39, 0.29) is 5.56 Å². The average molecular weight is 338 g/mol. The summed E-state index contributed by atoms with van der Waals surface area (Å²) < 4.78 is 10.6. The number of methoxy groups -OCH3 is 2. The first-order valence-corrected chi connectivity index (χ1v) is 8.26. The number of fused-ring (bicyclic) bond motifs is 1. The van der Waals surface area contributed by atoms with Crippen LogP contribution in [0.4, 0.5) is 5.69 Å². The molecule has 1 heterocycles. The highest BCUT2D eigenvalue weighted by Crippen LogP contribution is 2.29. The highest BCUT2D eigenvalue weighted by atomic mass is 16.5. The first-order chi connectivity index (χ1) is 12.2. The summed E-state index contributed by atoms with van der Waals surface area (Å²) >= 11 is 0. The van der Waals surface area contributed by atoms with Gasteiger partial charge in [0.05, 0.1) is 25.4 Å². The summed E-state index contributed by atoms with van der Waals surface area (Å²) in [4.78, 5) is 15.4. The molecule has 3 rings (SSSR count). The van der Waals surface area contributed by atoms with Gasteiger partial charge in [-0.1, -0.05) is 25.1 Å². The molecule has 2 N–H and O–H groups in total. The van der Waals surface area contributed by atoms with Gasteiger partial charge in [0.1, 0.15) is 11.5 Å². The number of rotatable bonds is 6. The Kier molecular flexibility index (Phi) is 4.93. The lowest BCUT2D eigenvalue weighted by Gasteiger charge is -2.13. The number of hydrogen-bond donors (Lipinski definition) is 2. The molecule has 25 heavy (non-hydrogen) atoms. The highest BCUT2D eigenvalue weighted by molar-refractivity contribution is 5.82. The Morgan fingerprint density at radius 1 is 1.04 bits per heavy atom. The van der Waals surface area contributed by atoms with E-state index >= 15 is 0 Å². The van der Waals surface area contributed by atoms with Gasteiger partial charge >= 0.3 is 0 Å². The largest absolute Gasteiger partial charge is 0.497 e. The number of aromatic nitrogens is 1. The van der Waals surface area contributed by atoms with Crippen molar-refractivity contribution in [2.75, 3.05) is 19.5 Å². The summed E-state index contributed by atoms with van der Waals surface area (Å²) in [6.07, 6.45) is 0.883. The van der Waals surface area contributed by atoms with Crippen molar-refractivity contribution in [2.45, 2.75) is 19.9 Å². The van der Waals surface area contributed by atoms with Gasteiger partial charge in [-0.05, 0) is 35.6 Å². The van der Waals surface area contributed by atoms with Crippen molar-refractivity contribution < 1.29 is 9.47 Å². The number of hydrogen-bond acceptors (Lipinski definition) is 4. The number of para-hydroxylation sites is 1. The monoisotopic (exact) mass is 338 g/mol. The molecular weight excluding hydrogens is 316 g/mol. The van der Waals surface area contributed by atoms with Crippen LogP contribution in [-0.4, -0.2) is 19.2 Å². The Morgan fingerprint density at radius 3 is 2.60 bits per heavy atom. The van der Waals surface area contributed by atoms with Crippen LogP contribution in [-0.2, 0) is 13.0 Å². The predicted molar refractivity (Wildman–Crippen MR) is 101 cm³/mol. The van der Waals surface area contributed by atoms with Crippen molar-refractivity contribution in [3.05, 3.63) is 63.9 Å². The Balaban J connectivity index is 1.89. The third-order valence-corrected chi connectivity index (χ3v) is 4.30. The smallest absolute Gasteiger partial charge is 0.253 e. The molecule has 0 spiro atoms. The van der Waals surface area contributed by atoms with Crippen molar-refractivity contribution in [1.82, 2.24) is 4.98 Å². The summed E-state index contributed by atoms with van der Waals surface area (Å²) in [7, 11) is 3.22. The van der Waals surface area contributed by atoms with Crippen molar-refractivity contribution in [3.8, 4) is 11.5 Å². The van der Waals surface area contributed by atoms with E-state index in [1.54, 1.807) is 20.3 Å². The highest BCUT2D eigenvalue weighted by Gasteiger charge is 2.08. The van der Waals surface area contributed by atoms with Crippen LogP contribution < -0.4 is 20.3 Å². The van der Waals surface area contributed by atoms with Gasteiger partial charge in [-0.15, -0.1) is 0 Å². The van der Waals surface area contributed by atoms with E-state index in [9.17, 15) is 4.79 Å². The summed E-state index contributed by atoms with van der Waals surface area (Å²) in [6, 6.07) is 13.5. The Morgan fingerprint density at radius 2 is 1.88 bits per heavy atom. The number of anilines is 1. The van der Waals surface area contributed by atoms with Crippen molar-refractivity contribution in [1.29, 1.82) is 0 Å². The van der Waals surface area contributed by atoms with Gasteiger partial charge in [0.2, 0.25) is 0 Å². The Hall–Kier alpha value is -2.95. The molecule has 1 aromatic heterocycles. The molecule has 0 radical (unpaired) electrons.